The molecule has 2 saturated heterocycles. The molecule has 190 valence electrons. The fourth-order valence-electron chi connectivity index (χ4n) is 4.99. The van der Waals surface area contributed by atoms with Gasteiger partial charge in [0.2, 0.25) is 11.8 Å². The van der Waals surface area contributed by atoms with Crippen molar-refractivity contribution in [3.8, 4) is 5.75 Å². The highest BCUT2D eigenvalue weighted by Gasteiger charge is 2.64. The Balaban J connectivity index is 1.53. The van der Waals surface area contributed by atoms with E-state index in [1.807, 2.05) is 0 Å². The number of esters is 1. The first-order valence-electron chi connectivity index (χ1n) is 11.1. The van der Waals surface area contributed by atoms with E-state index in [1.54, 1.807) is 12.2 Å². The zero-order chi connectivity index (χ0) is 26.6. The molecule has 2 aromatic carbocycles. The molecule has 0 saturated carbocycles. The lowest BCUT2D eigenvalue weighted by molar-refractivity contribution is -0.137. The number of hydrazone groups is 1. The molecule has 12 heteroatoms. The number of Topliss-reactive ketones (excluding diaryl/α,β-unsaturated/α-hetero) is 1. The summed E-state index contributed by atoms with van der Waals surface area (Å²) in [5, 5.41) is 5.04. The maximum absolute atomic E-state index is 13.6. The number of carbonyl (C=O) groups excluding carboxylic acids is 4. The van der Waals surface area contributed by atoms with Crippen LogP contribution >= 0.6 is 11.6 Å². The highest BCUT2D eigenvalue weighted by molar-refractivity contribution is 6.32. The van der Waals surface area contributed by atoms with Gasteiger partial charge in [-0.25, -0.2) is 4.90 Å². The molecule has 8 nitrogen and oxygen atoms in total. The quantitative estimate of drug-likeness (QED) is 0.257. The third kappa shape index (κ3) is 4.08. The van der Waals surface area contributed by atoms with Crippen molar-refractivity contribution in [2.45, 2.75) is 25.2 Å². The molecular weight excluding hydrogens is 515 g/mol. The molecule has 0 N–H and O–H groups in total. The number of fused-ring (bicyclic) bond motifs is 3. The molecule has 0 unspecified atom stereocenters. The topological polar surface area (TPSA) is 96.3 Å². The van der Waals surface area contributed by atoms with Crippen LogP contribution in [0.4, 0.5) is 18.9 Å². The van der Waals surface area contributed by atoms with Gasteiger partial charge in [-0.05, 0) is 48.5 Å². The minimum atomic E-state index is -4.80. The van der Waals surface area contributed by atoms with Crippen LogP contribution in [0.5, 0.6) is 5.75 Å². The number of nitrogens with zero attached hydrogens (tertiary/aromatic N) is 3. The van der Waals surface area contributed by atoms with Crippen LogP contribution < -0.4 is 9.64 Å². The Bertz CT molecular complexity index is 1390. The van der Waals surface area contributed by atoms with Gasteiger partial charge in [-0.2, -0.15) is 18.3 Å². The van der Waals surface area contributed by atoms with Gasteiger partial charge in [-0.1, -0.05) is 17.7 Å². The molecular formula is C25H17ClF3N3O5. The Labute approximate surface area is 212 Å². The highest BCUT2D eigenvalue weighted by Crippen LogP contribution is 2.47. The van der Waals surface area contributed by atoms with E-state index in [1.165, 1.54) is 42.4 Å². The lowest BCUT2D eigenvalue weighted by atomic mass is 9.86. The lowest BCUT2D eigenvalue weighted by Gasteiger charge is -2.30. The Morgan fingerprint density at radius 2 is 1.70 bits per heavy atom. The summed E-state index contributed by atoms with van der Waals surface area (Å²) in [6.45, 7) is 1.23. The molecule has 3 aliphatic rings. The number of amides is 2. The van der Waals surface area contributed by atoms with E-state index in [4.69, 9.17) is 16.3 Å². The maximum Gasteiger partial charge on any atom is 0.417 e. The number of ketones is 1. The van der Waals surface area contributed by atoms with Crippen LogP contribution in [0.3, 0.4) is 0 Å². The van der Waals surface area contributed by atoms with Gasteiger partial charge < -0.3 is 4.74 Å². The van der Waals surface area contributed by atoms with Crippen LogP contribution in [-0.4, -0.2) is 46.9 Å². The number of imide groups is 1. The number of hydrogen-bond acceptors (Lipinski definition) is 7. The Kier molecular flexibility index (Phi) is 5.90. The van der Waals surface area contributed by atoms with E-state index in [-0.39, 0.29) is 17.0 Å². The molecule has 0 aliphatic carbocycles. The third-order valence-electron chi connectivity index (χ3n) is 6.47. The third-order valence-corrected chi connectivity index (χ3v) is 6.80. The summed E-state index contributed by atoms with van der Waals surface area (Å²) < 4.78 is 45.3. The summed E-state index contributed by atoms with van der Waals surface area (Å²) in [6.07, 6.45) is -0.185. The molecule has 0 bridgehead atoms. The second-order valence-electron chi connectivity index (χ2n) is 8.67. The highest BCUT2D eigenvalue weighted by atomic mass is 35.5. The van der Waals surface area contributed by atoms with Gasteiger partial charge in [-0.3, -0.25) is 24.2 Å². The second-order valence-corrected chi connectivity index (χ2v) is 9.08. The van der Waals surface area contributed by atoms with Crippen molar-refractivity contribution in [2.75, 3.05) is 4.90 Å². The monoisotopic (exact) mass is 531 g/mol. The lowest BCUT2D eigenvalue weighted by Crippen LogP contribution is -2.46. The smallest absolute Gasteiger partial charge is 0.417 e. The Morgan fingerprint density at radius 3 is 2.35 bits per heavy atom. The van der Waals surface area contributed by atoms with E-state index in [2.05, 4.69) is 5.10 Å². The number of anilines is 1. The van der Waals surface area contributed by atoms with Crippen molar-refractivity contribution in [3.63, 3.8) is 0 Å². The molecule has 3 heterocycles. The summed E-state index contributed by atoms with van der Waals surface area (Å²) in [4.78, 5) is 52.5. The molecule has 5 rings (SSSR count). The van der Waals surface area contributed by atoms with Crippen LogP contribution in [0.15, 0.2) is 59.7 Å². The Morgan fingerprint density at radius 1 is 1.03 bits per heavy atom. The summed E-state index contributed by atoms with van der Waals surface area (Å²) >= 11 is 5.71. The normalized spacial score (nSPS) is 24.4. The van der Waals surface area contributed by atoms with Crippen molar-refractivity contribution in [1.29, 1.82) is 0 Å². The molecule has 0 spiro atoms. The molecule has 3 aliphatic heterocycles. The maximum atomic E-state index is 13.6. The van der Waals surface area contributed by atoms with Crippen molar-refractivity contribution in [1.82, 2.24) is 5.01 Å². The second kappa shape index (κ2) is 8.84. The zero-order valence-corrected chi connectivity index (χ0v) is 19.7. The van der Waals surface area contributed by atoms with Gasteiger partial charge in [0.1, 0.15) is 11.8 Å². The van der Waals surface area contributed by atoms with Crippen LogP contribution in [0.2, 0.25) is 5.02 Å². The summed E-state index contributed by atoms with van der Waals surface area (Å²) in [7, 11) is 0. The van der Waals surface area contributed by atoms with E-state index in [0.29, 0.717) is 11.0 Å². The number of carbonyl (C=O) groups is 4. The largest absolute Gasteiger partial charge is 0.427 e. The minimum Gasteiger partial charge on any atom is -0.427 e. The van der Waals surface area contributed by atoms with Gasteiger partial charge in [0.25, 0.3) is 0 Å². The van der Waals surface area contributed by atoms with Gasteiger partial charge in [0, 0.05) is 18.7 Å². The van der Waals surface area contributed by atoms with Crippen molar-refractivity contribution in [3.05, 3.63) is 70.8 Å². The van der Waals surface area contributed by atoms with E-state index < -0.39 is 64.2 Å². The van der Waals surface area contributed by atoms with Crippen molar-refractivity contribution < 1.29 is 37.1 Å². The number of rotatable bonds is 4. The fraction of sp³-hybridized carbons (Fsp3) is 0.240. The average molecular weight is 532 g/mol. The van der Waals surface area contributed by atoms with E-state index >= 15 is 0 Å². The number of halogens is 4. The molecule has 0 aromatic heterocycles. The summed E-state index contributed by atoms with van der Waals surface area (Å²) in [5.41, 5.74) is -1.30. The standard InChI is InChI=1S/C25H17ClF3N3O5/c1-12(33)37-15-7-4-13(5-8-15)22(34)21-20-19(18-3-2-10-30-32(18)21)23(35)31(24(20)36)14-6-9-17(26)16(11-14)25(27,28)29/h2-11,18-21H,1H3/t18-,19+,20-,21+/m1/s1. The van der Waals surface area contributed by atoms with Crippen molar-refractivity contribution >= 4 is 47.1 Å². The number of hydrogen-bond donors (Lipinski definition) is 0. The molecule has 4 atom stereocenters. The van der Waals surface area contributed by atoms with Crippen LogP contribution in [0.25, 0.3) is 0 Å². The van der Waals surface area contributed by atoms with Crippen LogP contribution in [-0.2, 0) is 20.6 Å². The number of alkyl halides is 3. The minimum absolute atomic E-state index is 0.176. The number of benzene rings is 2. The molecule has 37 heavy (non-hydrogen) atoms. The number of allylic oxidation sites excluding steroid dienone is 1. The average Bonchev–Trinajstić information content (AvgIpc) is 3.31. The Hall–Kier alpha value is -3.99. The zero-order valence-electron chi connectivity index (χ0n) is 19.0. The van der Waals surface area contributed by atoms with Gasteiger partial charge >= 0.3 is 12.1 Å². The molecule has 2 amide bonds. The van der Waals surface area contributed by atoms with Gasteiger partial charge in [0.05, 0.1) is 34.2 Å². The fourth-order valence-corrected chi connectivity index (χ4v) is 5.21. The first-order chi connectivity index (χ1) is 17.5. The summed E-state index contributed by atoms with van der Waals surface area (Å²) in [6, 6.07) is 6.50. The predicted molar refractivity (Wildman–Crippen MR) is 125 cm³/mol. The van der Waals surface area contributed by atoms with Crippen LogP contribution in [0.1, 0.15) is 22.8 Å². The molecule has 2 fully saturated rings. The number of ether oxygens (including phenoxy) is 1. The first-order valence-corrected chi connectivity index (χ1v) is 11.4. The van der Waals surface area contributed by atoms with Crippen molar-refractivity contribution in [2.24, 2.45) is 16.9 Å². The first kappa shape index (κ1) is 24.7. The van der Waals surface area contributed by atoms with Gasteiger partial charge in [-0.15, -0.1) is 0 Å². The van der Waals surface area contributed by atoms with E-state index in [9.17, 15) is 32.3 Å². The summed E-state index contributed by atoms with van der Waals surface area (Å²) in [5.74, 6) is -4.62. The van der Waals surface area contributed by atoms with E-state index in [0.717, 1.165) is 12.1 Å². The SMILES string of the molecule is CC(=O)Oc1ccc(C(=O)[C@@H]2[C@@H]3C(=O)N(c4ccc(Cl)c(C(F)(F)F)c4)C(=O)[C@H]3[C@H]3C=CC=NN32)cc1. The van der Waals surface area contributed by atoms with Crippen LogP contribution in [0, 0.1) is 11.8 Å². The molecule has 0 radical (unpaired) electrons. The predicted octanol–water partition coefficient (Wildman–Crippen LogP) is 3.88. The molecule has 2 aromatic rings. The van der Waals surface area contributed by atoms with Gasteiger partial charge in [0.15, 0.2) is 5.78 Å².